The smallest absolute Gasteiger partial charge is 0.0492 e. The predicted octanol–water partition coefficient (Wildman–Crippen LogP) is 6.22. The molecule has 1 fully saturated rings. The van der Waals surface area contributed by atoms with Crippen LogP contribution in [0.3, 0.4) is 0 Å². The minimum Gasteiger partial charge on any atom is -0.355 e. The van der Waals surface area contributed by atoms with E-state index in [0.29, 0.717) is 0 Å². The number of nitrogens with zero attached hydrogens (tertiary/aromatic N) is 2. The highest BCUT2D eigenvalue weighted by Crippen LogP contribution is 2.43. The van der Waals surface area contributed by atoms with Crippen LogP contribution in [0, 0.1) is 0 Å². The van der Waals surface area contributed by atoms with Gasteiger partial charge in [0, 0.05) is 28.7 Å². The number of aromatic amines is 1. The minimum absolute atomic E-state index is 0.0880. The van der Waals surface area contributed by atoms with Crippen LogP contribution in [0.2, 0.25) is 0 Å². The van der Waals surface area contributed by atoms with Gasteiger partial charge in [-0.1, -0.05) is 61.0 Å². The van der Waals surface area contributed by atoms with E-state index in [-0.39, 0.29) is 5.54 Å². The van der Waals surface area contributed by atoms with Crippen LogP contribution in [-0.2, 0) is 12.0 Å². The van der Waals surface area contributed by atoms with Gasteiger partial charge in [-0.25, -0.2) is 0 Å². The lowest BCUT2D eigenvalue weighted by molar-refractivity contribution is 0.138. The molecule has 0 saturated carbocycles. The number of allylic oxidation sites excluding steroid dienone is 1. The average molecular weight is 428 g/mol. The zero-order valence-corrected chi connectivity index (χ0v) is 19.7. The Bertz CT molecular complexity index is 1070. The lowest BCUT2D eigenvalue weighted by atomic mass is 9.75. The first kappa shape index (κ1) is 21.5. The largest absolute Gasteiger partial charge is 0.355 e. The van der Waals surface area contributed by atoms with Crippen molar-refractivity contribution >= 4 is 16.5 Å². The van der Waals surface area contributed by atoms with Crippen molar-refractivity contribution in [3.8, 4) is 0 Å². The Morgan fingerprint density at radius 3 is 2.41 bits per heavy atom. The molecule has 1 N–H and O–H groups in total. The summed E-state index contributed by atoms with van der Waals surface area (Å²) in [5.74, 6) is 0. The van der Waals surface area contributed by atoms with Gasteiger partial charge in [-0.05, 0) is 88.5 Å². The van der Waals surface area contributed by atoms with Gasteiger partial charge in [-0.15, -0.1) is 0 Å². The summed E-state index contributed by atoms with van der Waals surface area (Å²) < 4.78 is 0. The topological polar surface area (TPSA) is 22.3 Å². The standard InChI is InChI=1S/C29H37N3/c1-31(2)29(24-11-5-3-6-12-24)18-15-23(16-19-29)28-26(17-22-32-20-9-4-10-21-32)25-13-7-8-14-27(25)30-28/h3,5-8,11-15,30H,4,9-10,16-22H2,1-2H3. The Labute approximate surface area is 193 Å². The van der Waals surface area contributed by atoms with Crippen molar-refractivity contribution < 1.29 is 0 Å². The lowest BCUT2D eigenvalue weighted by Crippen LogP contribution is -2.42. The lowest BCUT2D eigenvalue weighted by Gasteiger charge is -2.43. The van der Waals surface area contributed by atoms with Crippen LogP contribution in [0.4, 0.5) is 0 Å². The molecule has 1 aliphatic carbocycles. The van der Waals surface area contributed by atoms with E-state index in [9.17, 15) is 0 Å². The summed E-state index contributed by atoms with van der Waals surface area (Å²) in [5.41, 5.74) is 7.22. The van der Waals surface area contributed by atoms with Crippen LogP contribution in [0.25, 0.3) is 16.5 Å². The molecule has 0 bridgehead atoms. The average Bonchev–Trinajstić information content (AvgIpc) is 3.22. The molecule has 2 aliphatic rings. The molecule has 3 heteroatoms. The van der Waals surface area contributed by atoms with Gasteiger partial charge in [0.1, 0.15) is 0 Å². The maximum Gasteiger partial charge on any atom is 0.0492 e. The number of aromatic nitrogens is 1. The molecule has 0 radical (unpaired) electrons. The van der Waals surface area contributed by atoms with E-state index >= 15 is 0 Å². The molecule has 1 atom stereocenters. The zero-order valence-electron chi connectivity index (χ0n) is 19.7. The van der Waals surface area contributed by atoms with Crippen molar-refractivity contribution in [2.24, 2.45) is 0 Å². The molecule has 1 aromatic heterocycles. The first-order valence-electron chi connectivity index (χ1n) is 12.4. The fraction of sp³-hybridized carbons (Fsp3) is 0.448. The van der Waals surface area contributed by atoms with Gasteiger partial charge in [0.15, 0.2) is 0 Å². The second-order valence-electron chi connectivity index (χ2n) is 9.90. The van der Waals surface area contributed by atoms with E-state index in [2.05, 4.69) is 89.6 Å². The Kier molecular flexibility index (Phi) is 6.21. The maximum absolute atomic E-state index is 3.82. The number of hydrogen-bond donors (Lipinski definition) is 1. The molecule has 1 unspecified atom stereocenters. The van der Waals surface area contributed by atoms with E-state index in [1.54, 1.807) is 0 Å². The summed E-state index contributed by atoms with van der Waals surface area (Å²) >= 11 is 0. The minimum atomic E-state index is 0.0880. The molecule has 5 rings (SSSR count). The number of fused-ring (bicyclic) bond motifs is 1. The Morgan fingerprint density at radius 1 is 0.938 bits per heavy atom. The number of piperidine rings is 1. The summed E-state index contributed by atoms with van der Waals surface area (Å²) in [6, 6.07) is 19.9. The molecule has 1 saturated heterocycles. The van der Waals surface area contributed by atoms with Crippen LogP contribution in [0.15, 0.2) is 60.7 Å². The summed E-state index contributed by atoms with van der Waals surface area (Å²) in [7, 11) is 4.47. The van der Waals surface area contributed by atoms with Crippen LogP contribution in [-0.4, -0.2) is 48.5 Å². The van der Waals surface area contributed by atoms with E-state index < -0.39 is 0 Å². The first-order chi connectivity index (χ1) is 15.7. The van der Waals surface area contributed by atoms with Crippen LogP contribution >= 0.6 is 0 Å². The molecule has 0 spiro atoms. The van der Waals surface area contributed by atoms with Gasteiger partial charge in [-0.3, -0.25) is 4.90 Å². The summed E-state index contributed by atoms with van der Waals surface area (Å²) in [4.78, 5) is 8.91. The SMILES string of the molecule is CN(C)C1(c2ccccc2)CC=C(c2[nH]c3ccccc3c2CCN2CCCCC2)CC1. The van der Waals surface area contributed by atoms with Crippen molar-refractivity contribution in [1.82, 2.24) is 14.8 Å². The Balaban J connectivity index is 1.45. The van der Waals surface area contributed by atoms with Crippen LogP contribution < -0.4 is 0 Å². The number of nitrogens with one attached hydrogen (secondary N) is 1. The zero-order chi connectivity index (χ0) is 22.0. The molecule has 32 heavy (non-hydrogen) atoms. The molecule has 168 valence electrons. The summed E-state index contributed by atoms with van der Waals surface area (Å²) in [6.07, 6.45) is 11.1. The van der Waals surface area contributed by atoms with E-state index in [1.165, 1.54) is 72.2 Å². The van der Waals surface area contributed by atoms with Crippen molar-refractivity contribution in [2.45, 2.75) is 50.5 Å². The normalized spacial score (nSPS) is 22.4. The third-order valence-corrected chi connectivity index (χ3v) is 7.92. The first-order valence-corrected chi connectivity index (χ1v) is 12.4. The highest BCUT2D eigenvalue weighted by atomic mass is 15.1. The second-order valence-corrected chi connectivity index (χ2v) is 9.90. The number of H-pyrrole nitrogens is 1. The molecule has 2 aromatic carbocycles. The Morgan fingerprint density at radius 2 is 1.69 bits per heavy atom. The Hall–Kier alpha value is -2.36. The molecular formula is C29H37N3. The number of hydrogen-bond acceptors (Lipinski definition) is 2. The van der Waals surface area contributed by atoms with Gasteiger partial charge < -0.3 is 9.88 Å². The number of benzene rings is 2. The van der Waals surface area contributed by atoms with E-state index in [1.807, 2.05) is 0 Å². The highest BCUT2D eigenvalue weighted by molar-refractivity contribution is 5.89. The number of likely N-dealkylation sites (tertiary alicyclic amines) is 1. The molecular weight excluding hydrogens is 390 g/mol. The van der Waals surface area contributed by atoms with Crippen molar-refractivity contribution in [3.63, 3.8) is 0 Å². The van der Waals surface area contributed by atoms with E-state index in [4.69, 9.17) is 0 Å². The number of para-hydroxylation sites is 1. The van der Waals surface area contributed by atoms with Gasteiger partial charge >= 0.3 is 0 Å². The van der Waals surface area contributed by atoms with Crippen LogP contribution in [0.1, 0.15) is 55.3 Å². The van der Waals surface area contributed by atoms with Gasteiger partial charge in [-0.2, -0.15) is 0 Å². The predicted molar refractivity (Wildman–Crippen MR) is 136 cm³/mol. The molecule has 0 amide bonds. The van der Waals surface area contributed by atoms with E-state index in [0.717, 1.165) is 25.7 Å². The van der Waals surface area contributed by atoms with Crippen molar-refractivity contribution in [2.75, 3.05) is 33.7 Å². The van der Waals surface area contributed by atoms with Gasteiger partial charge in [0.05, 0.1) is 0 Å². The molecule has 3 nitrogen and oxygen atoms in total. The third-order valence-electron chi connectivity index (χ3n) is 7.92. The fourth-order valence-corrected chi connectivity index (χ4v) is 5.93. The maximum atomic E-state index is 3.82. The molecule has 2 heterocycles. The molecule has 1 aliphatic heterocycles. The van der Waals surface area contributed by atoms with Gasteiger partial charge in [0.25, 0.3) is 0 Å². The fourth-order valence-electron chi connectivity index (χ4n) is 5.93. The van der Waals surface area contributed by atoms with Gasteiger partial charge in [0.2, 0.25) is 0 Å². The van der Waals surface area contributed by atoms with Crippen molar-refractivity contribution in [3.05, 3.63) is 77.5 Å². The highest BCUT2D eigenvalue weighted by Gasteiger charge is 2.36. The van der Waals surface area contributed by atoms with Crippen LogP contribution in [0.5, 0.6) is 0 Å². The third kappa shape index (κ3) is 4.04. The summed E-state index contributed by atoms with van der Waals surface area (Å²) in [6.45, 7) is 3.71. The summed E-state index contributed by atoms with van der Waals surface area (Å²) in [5, 5.41) is 1.41. The monoisotopic (exact) mass is 427 g/mol. The quantitative estimate of drug-likeness (QED) is 0.504. The van der Waals surface area contributed by atoms with Crippen molar-refractivity contribution in [1.29, 1.82) is 0 Å². The number of rotatable bonds is 6. The second kappa shape index (κ2) is 9.25. The molecule has 3 aromatic rings.